The maximum atomic E-state index is 13.8. The fourth-order valence-corrected chi connectivity index (χ4v) is 2.53. The average Bonchev–Trinajstić information content (AvgIpc) is 2.70. The van der Waals surface area contributed by atoms with Gasteiger partial charge in [-0.05, 0) is 42.3 Å². The second-order valence-electron chi connectivity index (χ2n) is 6.41. The number of rotatable bonds is 7. The van der Waals surface area contributed by atoms with Gasteiger partial charge in [0.05, 0.1) is 13.7 Å². The van der Waals surface area contributed by atoms with Crippen molar-refractivity contribution in [2.24, 2.45) is 4.99 Å². The Morgan fingerprint density at radius 1 is 1.10 bits per heavy atom. The molecule has 0 radical (unpaired) electrons. The first-order valence-electron chi connectivity index (χ1n) is 9.09. The van der Waals surface area contributed by atoms with Crippen molar-refractivity contribution in [3.8, 4) is 5.75 Å². The van der Waals surface area contributed by atoms with Crippen LogP contribution in [0.25, 0.3) is 0 Å². The molecule has 0 aliphatic rings. The highest BCUT2D eigenvalue weighted by Crippen LogP contribution is 2.18. The predicted octanol–water partition coefficient (Wildman–Crippen LogP) is 3.41. The summed E-state index contributed by atoms with van der Waals surface area (Å²) in [6.45, 7) is 3.58. The fraction of sp³-hybridized carbons (Fsp3) is 0.333. The minimum absolute atomic E-state index is 0. The van der Waals surface area contributed by atoms with E-state index in [0.29, 0.717) is 31.2 Å². The molecule has 0 atom stereocenters. The normalized spacial score (nSPS) is 10.7. The van der Waals surface area contributed by atoms with Crippen molar-refractivity contribution in [1.29, 1.82) is 0 Å². The summed E-state index contributed by atoms with van der Waals surface area (Å²) in [7, 11) is 4.89. The van der Waals surface area contributed by atoms with E-state index in [1.165, 1.54) is 13.2 Å². The number of nitrogens with zero attached hydrogens (tertiary/aromatic N) is 2. The van der Waals surface area contributed by atoms with Crippen LogP contribution < -0.4 is 15.4 Å². The van der Waals surface area contributed by atoms with Crippen LogP contribution in [0, 0.1) is 5.82 Å². The van der Waals surface area contributed by atoms with Gasteiger partial charge in [0, 0.05) is 32.7 Å². The molecule has 0 spiro atoms. The van der Waals surface area contributed by atoms with Crippen LogP contribution in [0.1, 0.15) is 28.4 Å². The molecule has 2 aromatic rings. The first kappa shape index (κ1) is 24.7. The number of halogens is 2. The third kappa shape index (κ3) is 7.52. The summed E-state index contributed by atoms with van der Waals surface area (Å²) >= 11 is 0. The van der Waals surface area contributed by atoms with E-state index in [9.17, 15) is 9.18 Å². The number of nitrogens with one attached hydrogen (secondary N) is 2. The molecule has 8 heteroatoms. The van der Waals surface area contributed by atoms with Gasteiger partial charge < -0.3 is 20.3 Å². The van der Waals surface area contributed by atoms with Crippen molar-refractivity contribution >= 4 is 35.8 Å². The Kier molecular flexibility index (Phi) is 10.4. The van der Waals surface area contributed by atoms with Gasteiger partial charge in [0.1, 0.15) is 0 Å². The van der Waals surface area contributed by atoms with Gasteiger partial charge in [0.15, 0.2) is 17.5 Å². The zero-order valence-corrected chi connectivity index (χ0v) is 19.5. The Balaban J connectivity index is 0.00000420. The van der Waals surface area contributed by atoms with Crippen LogP contribution in [-0.2, 0) is 13.1 Å². The number of carbonyl (C=O) groups is 1. The summed E-state index contributed by atoms with van der Waals surface area (Å²) in [5.74, 6) is 0.419. The SMILES string of the molecule is CCNC(=NCc1ccc(OC)c(F)c1)NCc1ccc(C(=O)N(C)C)cc1.I. The number of hydrogen-bond donors (Lipinski definition) is 2. The number of ether oxygens (including phenoxy) is 1. The van der Waals surface area contributed by atoms with Crippen molar-refractivity contribution in [1.82, 2.24) is 15.5 Å². The summed E-state index contributed by atoms with van der Waals surface area (Å²) < 4.78 is 18.7. The lowest BCUT2D eigenvalue weighted by atomic mass is 10.1. The van der Waals surface area contributed by atoms with Crippen molar-refractivity contribution in [2.75, 3.05) is 27.7 Å². The van der Waals surface area contributed by atoms with E-state index in [2.05, 4.69) is 15.6 Å². The Morgan fingerprint density at radius 2 is 1.76 bits per heavy atom. The first-order valence-corrected chi connectivity index (χ1v) is 9.09. The lowest BCUT2D eigenvalue weighted by molar-refractivity contribution is 0.0827. The van der Waals surface area contributed by atoms with Gasteiger partial charge in [-0.3, -0.25) is 4.79 Å². The molecule has 0 aliphatic carbocycles. The Labute approximate surface area is 188 Å². The van der Waals surface area contributed by atoms with Gasteiger partial charge >= 0.3 is 0 Å². The van der Waals surface area contributed by atoms with Gasteiger partial charge in [-0.25, -0.2) is 9.38 Å². The largest absolute Gasteiger partial charge is 0.494 e. The highest BCUT2D eigenvalue weighted by molar-refractivity contribution is 14.0. The summed E-state index contributed by atoms with van der Waals surface area (Å²) in [6.07, 6.45) is 0. The summed E-state index contributed by atoms with van der Waals surface area (Å²) in [5, 5.41) is 6.41. The Bertz CT molecular complexity index is 826. The van der Waals surface area contributed by atoms with Crippen molar-refractivity contribution < 1.29 is 13.9 Å². The number of benzene rings is 2. The van der Waals surface area contributed by atoms with Gasteiger partial charge in [-0.2, -0.15) is 0 Å². The minimum atomic E-state index is -0.402. The minimum Gasteiger partial charge on any atom is -0.494 e. The average molecular weight is 514 g/mol. The zero-order valence-electron chi connectivity index (χ0n) is 17.2. The van der Waals surface area contributed by atoms with Crippen LogP contribution >= 0.6 is 24.0 Å². The Morgan fingerprint density at radius 3 is 2.31 bits per heavy atom. The van der Waals surface area contributed by atoms with Crippen LogP contribution in [0.2, 0.25) is 0 Å². The molecule has 0 bridgehead atoms. The highest BCUT2D eigenvalue weighted by Gasteiger charge is 2.07. The molecule has 2 N–H and O–H groups in total. The van der Waals surface area contributed by atoms with Crippen molar-refractivity contribution in [3.05, 3.63) is 65.0 Å². The summed E-state index contributed by atoms with van der Waals surface area (Å²) in [4.78, 5) is 18.0. The van der Waals surface area contributed by atoms with Gasteiger partial charge in [0.2, 0.25) is 0 Å². The maximum absolute atomic E-state index is 13.8. The number of guanidine groups is 1. The quantitative estimate of drug-likeness (QED) is 0.338. The fourth-order valence-electron chi connectivity index (χ4n) is 2.53. The summed E-state index contributed by atoms with van der Waals surface area (Å²) in [6, 6.07) is 12.2. The van der Waals surface area contributed by atoms with Crippen LogP contribution in [0.5, 0.6) is 5.75 Å². The van der Waals surface area contributed by atoms with Crippen LogP contribution in [-0.4, -0.2) is 44.5 Å². The molecule has 2 rings (SSSR count). The molecule has 0 fully saturated rings. The lowest BCUT2D eigenvalue weighted by Gasteiger charge is -2.13. The molecule has 29 heavy (non-hydrogen) atoms. The number of methoxy groups -OCH3 is 1. The second kappa shape index (κ2) is 12.3. The predicted molar refractivity (Wildman–Crippen MR) is 124 cm³/mol. The molecule has 0 aromatic heterocycles. The molecule has 1 amide bonds. The van der Waals surface area contributed by atoms with E-state index in [4.69, 9.17) is 4.74 Å². The topological polar surface area (TPSA) is 66.0 Å². The molecule has 0 saturated heterocycles. The van der Waals surface area contributed by atoms with E-state index in [0.717, 1.165) is 11.1 Å². The smallest absolute Gasteiger partial charge is 0.253 e. The van der Waals surface area contributed by atoms with Crippen LogP contribution in [0.4, 0.5) is 4.39 Å². The van der Waals surface area contributed by atoms with E-state index in [1.807, 2.05) is 31.2 Å². The second-order valence-corrected chi connectivity index (χ2v) is 6.41. The van der Waals surface area contributed by atoms with E-state index in [1.54, 1.807) is 31.1 Å². The summed E-state index contributed by atoms with van der Waals surface area (Å²) in [5.41, 5.74) is 2.43. The first-order chi connectivity index (χ1) is 13.4. The van der Waals surface area contributed by atoms with Gasteiger partial charge in [-0.15, -0.1) is 24.0 Å². The van der Waals surface area contributed by atoms with E-state index in [-0.39, 0.29) is 35.6 Å². The van der Waals surface area contributed by atoms with Crippen LogP contribution in [0.3, 0.4) is 0 Å². The Hall–Kier alpha value is -2.36. The maximum Gasteiger partial charge on any atom is 0.253 e. The number of hydrogen-bond acceptors (Lipinski definition) is 3. The molecular formula is C21H28FIN4O2. The van der Waals surface area contributed by atoms with E-state index >= 15 is 0 Å². The number of carbonyl (C=O) groups excluding carboxylic acids is 1. The third-order valence-corrected chi connectivity index (χ3v) is 4.05. The molecule has 0 heterocycles. The van der Waals surface area contributed by atoms with Crippen molar-refractivity contribution in [3.63, 3.8) is 0 Å². The van der Waals surface area contributed by atoms with E-state index < -0.39 is 5.82 Å². The standard InChI is InChI=1S/C21H27FN4O2.HI/c1-5-23-21(25-14-16-8-11-19(28-4)18(22)12-16)24-13-15-6-9-17(10-7-15)20(27)26(2)3;/h6-12H,5,13-14H2,1-4H3,(H2,23,24,25);1H. The number of aliphatic imine (C=N–C) groups is 1. The van der Waals surface area contributed by atoms with Gasteiger partial charge in [0.25, 0.3) is 5.91 Å². The monoisotopic (exact) mass is 514 g/mol. The third-order valence-electron chi connectivity index (χ3n) is 4.05. The molecule has 0 aliphatic heterocycles. The molecule has 158 valence electrons. The molecule has 0 unspecified atom stereocenters. The zero-order chi connectivity index (χ0) is 20.5. The lowest BCUT2D eigenvalue weighted by Crippen LogP contribution is -2.36. The molecule has 6 nitrogen and oxygen atoms in total. The van der Waals surface area contributed by atoms with Crippen LogP contribution in [0.15, 0.2) is 47.5 Å². The van der Waals surface area contributed by atoms with Gasteiger partial charge in [-0.1, -0.05) is 18.2 Å². The highest BCUT2D eigenvalue weighted by atomic mass is 127. The van der Waals surface area contributed by atoms with Crippen molar-refractivity contribution in [2.45, 2.75) is 20.0 Å². The molecule has 0 saturated carbocycles. The molecule has 2 aromatic carbocycles. The molecular weight excluding hydrogens is 486 g/mol. The number of amides is 1.